The van der Waals surface area contributed by atoms with Crippen LogP contribution in [0.15, 0.2) is 36.0 Å². The minimum atomic E-state index is -0.831. The molecule has 21 heavy (non-hydrogen) atoms. The molecule has 2 nitrogen and oxygen atoms in total. The Kier molecular flexibility index (Phi) is 3.29. The zero-order valence-electron chi connectivity index (χ0n) is 13.2. The lowest BCUT2D eigenvalue weighted by Gasteiger charge is -2.58. The molecule has 3 aliphatic rings. The van der Waals surface area contributed by atoms with E-state index in [1.807, 2.05) is 0 Å². The number of ketones is 1. The van der Waals surface area contributed by atoms with Gasteiger partial charge in [0.1, 0.15) is 5.78 Å². The Morgan fingerprint density at radius 3 is 2.62 bits per heavy atom. The highest BCUT2D eigenvalue weighted by Crippen LogP contribution is 2.61. The quantitative estimate of drug-likeness (QED) is 0.741. The predicted molar refractivity (Wildman–Crippen MR) is 84.8 cm³/mol. The molecule has 2 heteroatoms. The molecule has 0 radical (unpaired) electrons. The lowest BCUT2D eigenvalue weighted by molar-refractivity contribution is -0.124. The summed E-state index contributed by atoms with van der Waals surface area (Å²) in [6.07, 6.45) is 7.60. The van der Waals surface area contributed by atoms with E-state index < -0.39 is 5.60 Å². The third kappa shape index (κ3) is 1.92. The molecule has 0 unspecified atom stereocenters. The van der Waals surface area contributed by atoms with Gasteiger partial charge in [-0.25, -0.2) is 0 Å². The van der Waals surface area contributed by atoms with E-state index in [4.69, 9.17) is 0 Å². The Balaban J connectivity index is 2.13. The number of rotatable bonds is 1. The summed E-state index contributed by atoms with van der Waals surface area (Å²) < 4.78 is 0. The van der Waals surface area contributed by atoms with Crippen molar-refractivity contribution < 1.29 is 9.90 Å². The molecule has 2 fully saturated rings. The maximum absolute atomic E-state index is 12.1. The molecule has 3 rings (SSSR count). The van der Waals surface area contributed by atoms with Gasteiger partial charge in [-0.3, -0.25) is 4.79 Å². The Morgan fingerprint density at radius 2 is 1.95 bits per heavy atom. The number of carbonyl (C=O) groups is 1. The number of hydrogen-bond donors (Lipinski definition) is 1. The molecule has 0 amide bonds. The van der Waals surface area contributed by atoms with E-state index in [2.05, 4.69) is 26.2 Å². The van der Waals surface area contributed by atoms with Gasteiger partial charge in [0.05, 0.1) is 5.60 Å². The second-order valence-electron chi connectivity index (χ2n) is 7.49. The van der Waals surface area contributed by atoms with Gasteiger partial charge in [-0.1, -0.05) is 50.1 Å². The second-order valence-corrected chi connectivity index (χ2v) is 7.49. The van der Waals surface area contributed by atoms with E-state index in [0.717, 1.165) is 55.2 Å². The average Bonchev–Trinajstić information content (AvgIpc) is 2.42. The lowest BCUT2D eigenvalue weighted by atomic mass is 9.48. The highest BCUT2D eigenvalue weighted by atomic mass is 16.3. The highest BCUT2D eigenvalue weighted by Gasteiger charge is 2.58. The fourth-order valence-corrected chi connectivity index (χ4v) is 4.90. The van der Waals surface area contributed by atoms with Crippen molar-refractivity contribution >= 4 is 5.78 Å². The van der Waals surface area contributed by atoms with Crippen LogP contribution in [0.5, 0.6) is 0 Å². The first-order valence-electron chi connectivity index (χ1n) is 8.10. The van der Waals surface area contributed by atoms with Crippen molar-refractivity contribution in [1.82, 2.24) is 0 Å². The van der Waals surface area contributed by atoms with Crippen LogP contribution in [0.25, 0.3) is 0 Å². The van der Waals surface area contributed by atoms with Gasteiger partial charge in [0.25, 0.3) is 0 Å². The Bertz CT molecular complexity index is 556. The fraction of sp³-hybridized carbons (Fsp3) is 0.632. The van der Waals surface area contributed by atoms with Crippen LogP contribution in [0.2, 0.25) is 0 Å². The van der Waals surface area contributed by atoms with Crippen LogP contribution in [-0.4, -0.2) is 16.5 Å². The summed E-state index contributed by atoms with van der Waals surface area (Å²) in [6.45, 7) is 12.2. The molecule has 0 saturated heterocycles. The lowest BCUT2D eigenvalue weighted by Crippen LogP contribution is -2.57. The van der Waals surface area contributed by atoms with Crippen LogP contribution in [-0.2, 0) is 4.79 Å². The van der Waals surface area contributed by atoms with E-state index in [0.29, 0.717) is 0 Å². The molecule has 0 heterocycles. The molecule has 0 aromatic carbocycles. The summed E-state index contributed by atoms with van der Waals surface area (Å²) >= 11 is 0. The van der Waals surface area contributed by atoms with E-state index in [1.165, 1.54) is 0 Å². The number of fused-ring (bicyclic) bond motifs is 3. The van der Waals surface area contributed by atoms with E-state index in [1.54, 1.807) is 6.92 Å². The van der Waals surface area contributed by atoms with Crippen molar-refractivity contribution in [3.05, 3.63) is 36.0 Å². The van der Waals surface area contributed by atoms with Crippen LogP contribution in [0, 0.1) is 17.3 Å². The Labute approximate surface area is 127 Å². The molecule has 114 valence electrons. The summed E-state index contributed by atoms with van der Waals surface area (Å²) in [5, 5.41) is 11.6. The minimum Gasteiger partial charge on any atom is -0.385 e. The standard InChI is InChI=1S/C19H26O2/c1-12-9-15(14(3)20)16-11-13(2)18(4)7-5-6-8-19(18,21)17(16)10-12/h10,15-16,21H,1-2,5-9,11H2,3-4H3/t15-,16+,18+,19-/m0/s1. The SMILES string of the molecule is C=C1C=C2[C@H](CC(=C)[C@@]3(C)CCCC[C@]23O)[C@H](C(C)=O)C1. The molecule has 0 aromatic rings. The fourth-order valence-electron chi connectivity index (χ4n) is 4.90. The summed E-state index contributed by atoms with van der Waals surface area (Å²) in [6, 6.07) is 0. The van der Waals surface area contributed by atoms with Crippen LogP contribution in [0.4, 0.5) is 0 Å². The highest BCUT2D eigenvalue weighted by molar-refractivity contribution is 5.80. The maximum Gasteiger partial charge on any atom is 0.133 e. The largest absolute Gasteiger partial charge is 0.385 e. The van der Waals surface area contributed by atoms with Crippen LogP contribution in [0.3, 0.4) is 0 Å². The normalized spacial score (nSPS) is 42.9. The van der Waals surface area contributed by atoms with Crippen LogP contribution < -0.4 is 0 Å². The van der Waals surface area contributed by atoms with Crippen molar-refractivity contribution in [1.29, 1.82) is 0 Å². The van der Waals surface area contributed by atoms with Gasteiger partial charge >= 0.3 is 0 Å². The average molecular weight is 286 g/mol. The minimum absolute atomic E-state index is 0.0373. The maximum atomic E-state index is 12.1. The number of aliphatic hydroxyl groups is 1. The number of hydrogen-bond acceptors (Lipinski definition) is 2. The van der Waals surface area contributed by atoms with Crippen LogP contribution >= 0.6 is 0 Å². The Morgan fingerprint density at radius 1 is 1.29 bits per heavy atom. The first kappa shape index (κ1) is 14.8. The zero-order chi connectivity index (χ0) is 15.4. The van der Waals surface area contributed by atoms with Crippen molar-refractivity contribution in [2.45, 2.75) is 58.0 Å². The third-order valence-corrected chi connectivity index (χ3v) is 6.35. The van der Waals surface area contributed by atoms with Crippen molar-refractivity contribution in [2.24, 2.45) is 17.3 Å². The van der Waals surface area contributed by atoms with Gasteiger partial charge in [0.2, 0.25) is 0 Å². The summed E-state index contributed by atoms with van der Waals surface area (Å²) in [5.41, 5.74) is 2.10. The molecule has 1 N–H and O–H groups in total. The van der Waals surface area contributed by atoms with Gasteiger partial charge in [0.15, 0.2) is 0 Å². The van der Waals surface area contributed by atoms with Gasteiger partial charge < -0.3 is 5.11 Å². The smallest absolute Gasteiger partial charge is 0.133 e. The molecule has 0 aromatic heterocycles. The van der Waals surface area contributed by atoms with Gasteiger partial charge in [-0.05, 0) is 44.1 Å². The van der Waals surface area contributed by atoms with Gasteiger partial charge in [-0.2, -0.15) is 0 Å². The molecular weight excluding hydrogens is 260 g/mol. The molecule has 0 bridgehead atoms. The predicted octanol–water partition coefficient (Wildman–Crippen LogP) is 3.97. The van der Waals surface area contributed by atoms with Crippen LogP contribution in [0.1, 0.15) is 52.4 Å². The zero-order valence-corrected chi connectivity index (χ0v) is 13.2. The first-order chi connectivity index (χ1) is 9.79. The van der Waals surface area contributed by atoms with Crippen molar-refractivity contribution in [3.63, 3.8) is 0 Å². The summed E-state index contributed by atoms with van der Waals surface area (Å²) in [4.78, 5) is 12.1. The van der Waals surface area contributed by atoms with Gasteiger partial charge in [-0.15, -0.1) is 0 Å². The van der Waals surface area contributed by atoms with E-state index in [-0.39, 0.29) is 23.0 Å². The molecular formula is C19H26O2. The second kappa shape index (κ2) is 4.67. The van der Waals surface area contributed by atoms with Crippen molar-refractivity contribution in [3.8, 4) is 0 Å². The van der Waals surface area contributed by atoms with Crippen molar-refractivity contribution in [2.75, 3.05) is 0 Å². The third-order valence-electron chi connectivity index (χ3n) is 6.35. The number of Topliss-reactive ketones (excluding diaryl/α,β-unsaturated/α-hetero) is 1. The topological polar surface area (TPSA) is 37.3 Å². The van der Waals surface area contributed by atoms with E-state index >= 15 is 0 Å². The molecule has 0 aliphatic heterocycles. The molecule has 4 atom stereocenters. The van der Waals surface area contributed by atoms with E-state index in [9.17, 15) is 9.90 Å². The monoisotopic (exact) mass is 286 g/mol. The molecule has 3 aliphatic carbocycles. The Hall–Kier alpha value is -1.15. The van der Waals surface area contributed by atoms with Gasteiger partial charge in [0, 0.05) is 11.3 Å². The molecule has 2 saturated carbocycles. The number of carbonyl (C=O) groups excluding carboxylic acids is 1. The molecule has 0 spiro atoms. The first-order valence-corrected chi connectivity index (χ1v) is 8.10. The number of allylic oxidation sites excluding steroid dienone is 2. The summed E-state index contributed by atoms with van der Waals surface area (Å²) in [5.74, 6) is 0.295. The summed E-state index contributed by atoms with van der Waals surface area (Å²) in [7, 11) is 0.